The highest BCUT2D eigenvalue weighted by Gasteiger charge is 2.32. The lowest BCUT2D eigenvalue weighted by Crippen LogP contribution is -2.25. The Labute approximate surface area is 154 Å². The molecule has 0 spiro atoms. The number of nitro groups is 1. The minimum Gasteiger partial charge on any atom is -0.330 e. The van der Waals surface area contributed by atoms with Gasteiger partial charge in [-0.15, -0.1) is 12.4 Å². The molecule has 1 heterocycles. The summed E-state index contributed by atoms with van der Waals surface area (Å²) >= 11 is 0. The molecule has 2 aromatic rings. The molecule has 1 aliphatic rings. The van der Waals surface area contributed by atoms with Gasteiger partial charge in [-0.05, 0) is 30.0 Å². The molecule has 6 heteroatoms. The van der Waals surface area contributed by atoms with Crippen LogP contribution in [0.1, 0.15) is 17.0 Å². The molecule has 134 valence electrons. The fourth-order valence-electron chi connectivity index (χ4n) is 3.53. The maximum atomic E-state index is 10.7. The molecule has 0 bridgehead atoms. The van der Waals surface area contributed by atoms with Crippen LogP contribution in [-0.4, -0.2) is 36.0 Å². The fraction of sp³-hybridized carbons (Fsp3) is 0.368. The molecule has 0 aromatic heterocycles. The lowest BCUT2D eigenvalue weighted by Gasteiger charge is -2.16. The van der Waals surface area contributed by atoms with E-state index in [2.05, 4.69) is 29.2 Å². The van der Waals surface area contributed by atoms with Crippen molar-refractivity contribution in [2.45, 2.75) is 12.3 Å². The first-order valence-electron chi connectivity index (χ1n) is 8.38. The lowest BCUT2D eigenvalue weighted by molar-refractivity contribution is -0.384. The van der Waals surface area contributed by atoms with Crippen molar-refractivity contribution in [3.63, 3.8) is 0 Å². The average molecular weight is 362 g/mol. The predicted octanol–water partition coefficient (Wildman–Crippen LogP) is 3.23. The third kappa shape index (κ3) is 4.78. The molecule has 0 aliphatic carbocycles. The summed E-state index contributed by atoms with van der Waals surface area (Å²) in [5.41, 5.74) is 8.63. The maximum absolute atomic E-state index is 10.7. The Balaban J connectivity index is 0.00000225. The first-order valence-corrected chi connectivity index (χ1v) is 8.38. The molecule has 2 aromatic carbocycles. The Kier molecular flexibility index (Phi) is 6.93. The number of nitrogens with zero attached hydrogens (tertiary/aromatic N) is 2. The largest absolute Gasteiger partial charge is 0.330 e. The second kappa shape index (κ2) is 8.94. The van der Waals surface area contributed by atoms with Gasteiger partial charge in [-0.2, -0.15) is 0 Å². The van der Waals surface area contributed by atoms with Gasteiger partial charge in [0.1, 0.15) is 0 Å². The van der Waals surface area contributed by atoms with Crippen LogP contribution >= 0.6 is 12.4 Å². The molecule has 1 aliphatic heterocycles. The van der Waals surface area contributed by atoms with Crippen LogP contribution < -0.4 is 5.73 Å². The molecular formula is C19H24ClN3O2. The highest BCUT2D eigenvalue weighted by molar-refractivity contribution is 5.85. The average Bonchev–Trinajstić information content (AvgIpc) is 3.04. The standard InChI is InChI=1S/C19H23N3O2.ClH/c20-12-17-13-21(14-19(17)16-4-2-1-3-5-16)11-10-15-6-8-18(9-7-15)22(23)24;/h1-9,17,19H,10-14,20H2;1H/t17-,19+;/m1./s1. The number of benzene rings is 2. The number of nitrogens with two attached hydrogens (primary N) is 1. The minimum atomic E-state index is -0.361. The maximum Gasteiger partial charge on any atom is 0.269 e. The molecule has 0 saturated carbocycles. The van der Waals surface area contributed by atoms with E-state index in [1.165, 1.54) is 5.56 Å². The van der Waals surface area contributed by atoms with Gasteiger partial charge in [-0.1, -0.05) is 42.5 Å². The van der Waals surface area contributed by atoms with Crippen LogP contribution in [0, 0.1) is 16.0 Å². The quantitative estimate of drug-likeness (QED) is 0.633. The van der Waals surface area contributed by atoms with Gasteiger partial charge in [0.15, 0.2) is 0 Å². The summed E-state index contributed by atoms with van der Waals surface area (Å²) in [6, 6.07) is 17.4. The third-order valence-corrected chi connectivity index (χ3v) is 4.91. The SMILES string of the molecule is Cl.NC[C@@H]1CN(CCc2ccc([N+](=O)[O-])cc2)C[C@H]1c1ccccc1. The van der Waals surface area contributed by atoms with E-state index in [4.69, 9.17) is 5.73 Å². The van der Waals surface area contributed by atoms with Crippen molar-refractivity contribution < 1.29 is 4.92 Å². The molecule has 5 nitrogen and oxygen atoms in total. The van der Waals surface area contributed by atoms with E-state index in [9.17, 15) is 10.1 Å². The molecule has 2 N–H and O–H groups in total. The monoisotopic (exact) mass is 361 g/mol. The second-order valence-electron chi connectivity index (χ2n) is 6.45. The Hall–Kier alpha value is -1.95. The van der Waals surface area contributed by atoms with Crippen LogP contribution in [0.25, 0.3) is 0 Å². The Morgan fingerprint density at radius 2 is 1.76 bits per heavy atom. The van der Waals surface area contributed by atoms with Gasteiger partial charge in [-0.25, -0.2) is 0 Å². The highest BCUT2D eigenvalue weighted by atomic mass is 35.5. The van der Waals surface area contributed by atoms with Gasteiger partial charge in [0.05, 0.1) is 4.92 Å². The van der Waals surface area contributed by atoms with E-state index in [1.54, 1.807) is 12.1 Å². The fourth-order valence-corrected chi connectivity index (χ4v) is 3.53. The van der Waals surface area contributed by atoms with E-state index >= 15 is 0 Å². The summed E-state index contributed by atoms with van der Waals surface area (Å²) in [6.07, 6.45) is 0.900. The zero-order valence-electron chi connectivity index (χ0n) is 14.1. The van der Waals surface area contributed by atoms with Crippen molar-refractivity contribution in [2.75, 3.05) is 26.2 Å². The number of hydrogen-bond donors (Lipinski definition) is 1. The van der Waals surface area contributed by atoms with Gasteiger partial charge in [0, 0.05) is 37.7 Å². The molecule has 0 radical (unpaired) electrons. The first-order chi connectivity index (χ1) is 11.7. The highest BCUT2D eigenvalue weighted by Crippen LogP contribution is 2.32. The molecule has 1 fully saturated rings. The Morgan fingerprint density at radius 3 is 2.36 bits per heavy atom. The van der Waals surface area contributed by atoms with Crippen LogP contribution in [0.2, 0.25) is 0 Å². The van der Waals surface area contributed by atoms with Crippen molar-refractivity contribution in [1.82, 2.24) is 4.90 Å². The van der Waals surface area contributed by atoms with Crippen LogP contribution in [0.3, 0.4) is 0 Å². The van der Waals surface area contributed by atoms with Gasteiger partial charge >= 0.3 is 0 Å². The summed E-state index contributed by atoms with van der Waals surface area (Å²) in [5.74, 6) is 0.984. The van der Waals surface area contributed by atoms with Gasteiger partial charge in [0.2, 0.25) is 0 Å². The molecular weight excluding hydrogens is 338 g/mol. The van der Waals surface area contributed by atoms with Gasteiger partial charge in [0.25, 0.3) is 5.69 Å². The number of non-ortho nitro benzene ring substituents is 1. The molecule has 3 rings (SSSR count). The van der Waals surface area contributed by atoms with Gasteiger partial charge in [-0.3, -0.25) is 10.1 Å². The first kappa shape index (κ1) is 19.4. The molecule has 2 atom stereocenters. The summed E-state index contributed by atoms with van der Waals surface area (Å²) in [6.45, 7) is 3.70. The zero-order valence-corrected chi connectivity index (χ0v) is 14.9. The van der Waals surface area contributed by atoms with Crippen LogP contribution in [-0.2, 0) is 6.42 Å². The smallest absolute Gasteiger partial charge is 0.269 e. The summed E-state index contributed by atoms with van der Waals surface area (Å²) in [5, 5.41) is 10.7. The van der Waals surface area contributed by atoms with Crippen LogP contribution in [0.4, 0.5) is 5.69 Å². The molecule has 0 unspecified atom stereocenters. The number of likely N-dealkylation sites (tertiary alicyclic amines) is 1. The Bertz CT molecular complexity index is 679. The van der Waals surface area contributed by atoms with Crippen molar-refractivity contribution in [3.05, 3.63) is 75.8 Å². The van der Waals surface area contributed by atoms with E-state index in [-0.39, 0.29) is 23.0 Å². The van der Waals surface area contributed by atoms with E-state index in [1.807, 2.05) is 18.2 Å². The normalized spacial score (nSPS) is 20.2. The van der Waals surface area contributed by atoms with Crippen LogP contribution in [0.15, 0.2) is 54.6 Å². The molecule has 1 saturated heterocycles. The summed E-state index contributed by atoms with van der Waals surface area (Å²) in [4.78, 5) is 12.8. The van der Waals surface area contributed by atoms with E-state index < -0.39 is 0 Å². The van der Waals surface area contributed by atoms with Crippen molar-refractivity contribution in [3.8, 4) is 0 Å². The molecule has 0 amide bonds. The number of nitro benzene ring substituents is 1. The Morgan fingerprint density at radius 1 is 1.08 bits per heavy atom. The minimum absolute atomic E-state index is 0. The zero-order chi connectivity index (χ0) is 16.9. The van der Waals surface area contributed by atoms with Gasteiger partial charge < -0.3 is 10.6 Å². The predicted molar refractivity (Wildman–Crippen MR) is 102 cm³/mol. The van der Waals surface area contributed by atoms with Crippen LogP contribution in [0.5, 0.6) is 0 Å². The summed E-state index contributed by atoms with van der Waals surface area (Å²) < 4.78 is 0. The van der Waals surface area contributed by atoms with Crippen molar-refractivity contribution in [1.29, 1.82) is 0 Å². The van der Waals surface area contributed by atoms with E-state index in [0.717, 1.165) is 31.6 Å². The number of hydrogen-bond acceptors (Lipinski definition) is 4. The lowest BCUT2D eigenvalue weighted by atomic mass is 9.89. The van der Waals surface area contributed by atoms with Crippen molar-refractivity contribution >= 4 is 18.1 Å². The number of halogens is 1. The summed E-state index contributed by atoms with van der Waals surface area (Å²) in [7, 11) is 0. The topological polar surface area (TPSA) is 72.4 Å². The third-order valence-electron chi connectivity index (χ3n) is 4.91. The van der Waals surface area contributed by atoms with Crippen molar-refractivity contribution in [2.24, 2.45) is 11.7 Å². The second-order valence-corrected chi connectivity index (χ2v) is 6.45. The van der Waals surface area contributed by atoms with E-state index in [0.29, 0.717) is 18.4 Å². The molecule has 25 heavy (non-hydrogen) atoms. The number of rotatable bonds is 6.